The monoisotopic (exact) mass is 453 g/mol. The van der Waals surface area contributed by atoms with Crippen LogP contribution < -0.4 is 14.4 Å². The number of rotatable bonds is 4. The van der Waals surface area contributed by atoms with Crippen molar-refractivity contribution in [2.45, 2.75) is 46.0 Å². The Balaban J connectivity index is 1.92. The first-order valence-electron chi connectivity index (χ1n) is 10.7. The summed E-state index contributed by atoms with van der Waals surface area (Å²) < 4.78 is 10.8. The van der Waals surface area contributed by atoms with Crippen molar-refractivity contribution in [3.63, 3.8) is 0 Å². The summed E-state index contributed by atoms with van der Waals surface area (Å²) in [6.07, 6.45) is 1.29. The molecule has 0 bridgehead atoms. The Morgan fingerprint density at radius 1 is 1.03 bits per heavy atom. The lowest BCUT2D eigenvalue weighted by atomic mass is 9.69. The van der Waals surface area contributed by atoms with Gasteiger partial charge in [0.25, 0.3) is 0 Å². The number of benzene rings is 2. The molecular formula is C26H28ClNO4. The standard InChI is InChI=1S/C26H28ClNO4/c1-15-18(27)7-6-8-19(15)28-20-13-26(2,3)14-21(29)25(20)17(12-24(28)30)16-9-10-22(31-4)23(11-16)32-5/h6-11,17H,12-14H2,1-5H3. The van der Waals surface area contributed by atoms with Crippen LogP contribution in [0.3, 0.4) is 0 Å². The molecule has 0 saturated carbocycles. The van der Waals surface area contributed by atoms with Gasteiger partial charge >= 0.3 is 0 Å². The van der Waals surface area contributed by atoms with Crippen molar-refractivity contribution >= 4 is 29.0 Å². The number of hydrogen-bond acceptors (Lipinski definition) is 4. The van der Waals surface area contributed by atoms with Crippen molar-refractivity contribution in [3.8, 4) is 11.5 Å². The van der Waals surface area contributed by atoms with Crippen LogP contribution in [0.1, 0.15) is 50.2 Å². The number of methoxy groups -OCH3 is 2. The summed E-state index contributed by atoms with van der Waals surface area (Å²) in [7, 11) is 3.16. The van der Waals surface area contributed by atoms with Gasteiger partial charge in [0.2, 0.25) is 5.91 Å². The second-order valence-electron chi connectivity index (χ2n) is 9.29. The summed E-state index contributed by atoms with van der Waals surface area (Å²) in [6.45, 7) is 6.05. The maximum Gasteiger partial charge on any atom is 0.232 e. The first-order chi connectivity index (χ1) is 15.2. The van der Waals surface area contributed by atoms with Gasteiger partial charge in [0, 0.05) is 35.1 Å². The van der Waals surface area contributed by atoms with Gasteiger partial charge in [-0.15, -0.1) is 0 Å². The summed E-state index contributed by atoms with van der Waals surface area (Å²) in [4.78, 5) is 28.8. The van der Waals surface area contributed by atoms with E-state index in [-0.39, 0.29) is 29.4 Å². The minimum Gasteiger partial charge on any atom is -0.493 e. The molecule has 0 radical (unpaired) electrons. The normalized spacial score (nSPS) is 20.3. The first-order valence-corrected chi connectivity index (χ1v) is 11.1. The van der Waals surface area contributed by atoms with Gasteiger partial charge in [0.15, 0.2) is 17.3 Å². The Hall–Kier alpha value is -2.79. The second-order valence-corrected chi connectivity index (χ2v) is 9.69. The minimum absolute atomic E-state index is 0.0422. The fourth-order valence-electron chi connectivity index (χ4n) is 4.89. The topological polar surface area (TPSA) is 55.8 Å². The molecule has 0 saturated heterocycles. The van der Waals surface area contributed by atoms with Crippen molar-refractivity contribution in [1.82, 2.24) is 0 Å². The zero-order valence-electron chi connectivity index (χ0n) is 19.1. The van der Waals surface area contributed by atoms with Crippen molar-refractivity contribution < 1.29 is 19.1 Å². The molecule has 1 aliphatic heterocycles. The number of carbonyl (C=O) groups excluding carboxylic acids is 2. The van der Waals surface area contributed by atoms with Gasteiger partial charge < -0.3 is 9.47 Å². The number of ketones is 1. The largest absolute Gasteiger partial charge is 0.493 e. The zero-order chi connectivity index (χ0) is 23.2. The van der Waals surface area contributed by atoms with E-state index >= 15 is 0 Å². The summed E-state index contributed by atoms with van der Waals surface area (Å²) in [6, 6.07) is 11.2. The molecule has 6 heteroatoms. The van der Waals surface area contributed by atoms with E-state index in [1.807, 2.05) is 43.3 Å². The summed E-state index contributed by atoms with van der Waals surface area (Å²) >= 11 is 6.38. The number of amides is 1. The van der Waals surface area contributed by atoms with Gasteiger partial charge in [-0.2, -0.15) is 0 Å². The molecule has 2 aromatic rings. The molecule has 1 aliphatic carbocycles. The van der Waals surface area contributed by atoms with Crippen LogP contribution in [0, 0.1) is 12.3 Å². The molecule has 2 aliphatic rings. The Morgan fingerprint density at radius 2 is 1.75 bits per heavy atom. The SMILES string of the molecule is COc1ccc(C2CC(=O)N(c3cccc(Cl)c3C)C3=C2C(=O)CC(C)(C)C3)cc1OC. The molecule has 1 atom stereocenters. The molecule has 0 spiro atoms. The molecule has 1 unspecified atom stereocenters. The Labute approximate surface area is 194 Å². The number of allylic oxidation sites excluding steroid dienone is 2. The maximum atomic E-state index is 13.6. The predicted octanol–water partition coefficient (Wildman–Crippen LogP) is 5.83. The van der Waals surface area contributed by atoms with Crippen LogP contribution >= 0.6 is 11.6 Å². The molecule has 0 N–H and O–H groups in total. The Bertz CT molecular complexity index is 1130. The smallest absolute Gasteiger partial charge is 0.232 e. The highest BCUT2D eigenvalue weighted by atomic mass is 35.5. The molecule has 5 nitrogen and oxygen atoms in total. The average molecular weight is 454 g/mol. The number of hydrogen-bond donors (Lipinski definition) is 0. The van der Waals surface area contributed by atoms with E-state index in [9.17, 15) is 9.59 Å². The van der Waals surface area contributed by atoms with Gasteiger partial charge in [0.05, 0.1) is 19.9 Å². The molecule has 0 aromatic heterocycles. The lowest BCUT2D eigenvalue weighted by Gasteiger charge is -2.43. The number of halogens is 1. The summed E-state index contributed by atoms with van der Waals surface area (Å²) in [5.41, 5.74) is 3.71. The van der Waals surface area contributed by atoms with Gasteiger partial charge in [0.1, 0.15) is 0 Å². The number of nitrogens with zero attached hydrogens (tertiary/aromatic N) is 1. The second kappa shape index (κ2) is 8.28. The third kappa shape index (κ3) is 3.79. The minimum atomic E-state index is -0.323. The molecule has 2 aromatic carbocycles. The van der Waals surface area contributed by atoms with Crippen LogP contribution in [0.2, 0.25) is 5.02 Å². The van der Waals surface area contributed by atoms with Gasteiger partial charge in [-0.1, -0.05) is 37.6 Å². The quantitative estimate of drug-likeness (QED) is 0.584. The molecule has 168 valence electrons. The van der Waals surface area contributed by atoms with Crippen LogP contribution in [0.5, 0.6) is 11.5 Å². The Kier molecular flexibility index (Phi) is 5.80. The molecular weight excluding hydrogens is 426 g/mol. The van der Waals surface area contributed by atoms with Crippen molar-refractivity contribution in [1.29, 1.82) is 0 Å². The third-order valence-corrected chi connectivity index (χ3v) is 6.84. The van der Waals surface area contributed by atoms with Crippen LogP contribution in [0.25, 0.3) is 0 Å². The summed E-state index contributed by atoms with van der Waals surface area (Å²) in [5.74, 6) is 0.917. The Morgan fingerprint density at radius 3 is 2.44 bits per heavy atom. The molecule has 4 rings (SSSR count). The van der Waals surface area contributed by atoms with E-state index in [4.69, 9.17) is 21.1 Å². The van der Waals surface area contributed by atoms with E-state index in [0.717, 1.165) is 28.1 Å². The van der Waals surface area contributed by atoms with E-state index < -0.39 is 0 Å². The van der Waals surface area contributed by atoms with Crippen LogP contribution in [-0.4, -0.2) is 25.9 Å². The predicted molar refractivity (Wildman–Crippen MR) is 126 cm³/mol. The maximum absolute atomic E-state index is 13.6. The fourth-order valence-corrected chi connectivity index (χ4v) is 5.06. The number of Topliss-reactive ketones (excluding diaryl/α,β-unsaturated/α-hetero) is 1. The summed E-state index contributed by atoms with van der Waals surface area (Å²) in [5, 5.41) is 0.598. The fraction of sp³-hybridized carbons (Fsp3) is 0.385. The third-order valence-electron chi connectivity index (χ3n) is 6.43. The lowest BCUT2D eigenvalue weighted by Crippen LogP contribution is -2.44. The van der Waals surface area contributed by atoms with E-state index in [2.05, 4.69) is 13.8 Å². The number of anilines is 1. The highest BCUT2D eigenvalue weighted by molar-refractivity contribution is 6.31. The lowest BCUT2D eigenvalue weighted by molar-refractivity contribution is -0.121. The van der Waals surface area contributed by atoms with Crippen molar-refractivity contribution in [2.75, 3.05) is 19.1 Å². The van der Waals surface area contributed by atoms with Gasteiger partial charge in [-0.3, -0.25) is 14.5 Å². The van der Waals surface area contributed by atoms with E-state index in [1.54, 1.807) is 19.1 Å². The molecule has 0 fully saturated rings. The zero-order valence-corrected chi connectivity index (χ0v) is 19.9. The van der Waals surface area contributed by atoms with Crippen LogP contribution in [-0.2, 0) is 9.59 Å². The first kappa shape index (κ1) is 22.4. The van der Waals surface area contributed by atoms with Crippen molar-refractivity contribution in [3.05, 3.63) is 63.8 Å². The molecule has 1 amide bonds. The average Bonchev–Trinajstić information content (AvgIpc) is 2.74. The molecule has 1 heterocycles. The van der Waals surface area contributed by atoms with Crippen LogP contribution in [0.4, 0.5) is 5.69 Å². The van der Waals surface area contributed by atoms with Crippen LogP contribution in [0.15, 0.2) is 47.7 Å². The van der Waals surface area contributed by atoms with Gasteiger partial charge in [-0.25, -0.2) is 0 Å². The highest BCUT2D eigenvalue weighted by Crippen LogP contribution is 2.49. The number of carbonyl (C=O) groups is 2. The molecule has 32 heavy (non-hydrogen) atoms. The van der Waals surface area contributed by atoms with E-state index in [0.29, 0.717) is 29.4 Å². The number of ether oxygens (including phenoxy) is 2. The van der Waals surface area contributed by atoms with E-state index in [1.165, 1.54) is 0 Å². The van der Waals surface area contributed by atoms with Gasteiger partial charge in [-0.05, 0) is 54.2 Å². The van der Waals surface area contributed by atoms with Crippen molar-refractivity contribution in [2.24, 2.45) is 5.41 Å². The highest BCUT2D eigenvalue weighted by Gasteiger charge is 2.44.